The number of carbonyl (C=O) groups excluding carboxylic acids is 1. The quantitative estimate of drug-likeness (QED) is 0.588. The fourth-order valence-electron chi connectivity index (χ4n) is 4.46. The van der Waals surface area contributed by atoms with Crippen molar-refractivity contribution >= 4 is 5.91 Å². The summed E-state index contributed by atoms with van der Waals surface area (Å²) in [5, 5.41) is 7.65. The molecule has 0 atom stereocenters. The fraction of sp³-hybridized carbons (Fsp3) is 0.385. The van der Waals surface area contributed by atoms with E-state index in [0.29, 0.717) is 18.0 Å². The first-order chi connectivity index (χ1) is 15.6. The monoisotopic (exact) mass is 432 g/mol. The number of likely N-dealkylation sites (tertiary alicyclic amines) is 1. The lowest BCUT2D eigenvalue weighted by molar-refractivity contribution is 0.0949. The van der Waals surface area contributed by atoms with E-state index in [4.69, 9.17) is 4.74 Å². The number of piperidine rings is 1. The van der Waals surface area contributed by atoms with Gasteiger partial charge in [0.2, 0.25) is 0 Å². The van der Waals surface area contributed by atoms with Crippen molar-refractivity contribution in [3.05, 3.63) is 83.2 Å². The molecule has 1 aromatic heterocycles. The summed E-state index contributed by atoms with van der Waals surface area (Å²) in [7, 11) is 3.52. The summed E-state index contributed by atoms with van der Waals surface area (Å²) in [6.45, 7) is 3.60. The summed E-state index contributed by atoms with van der Waals surface area (Å²) in [6, 6.07) is 18.4. The molecule has 0 unspecified atom stereocenters. The van der Waals surface area contributed by atoms with Crippen LogP contribution in [0, 0.1) is 5.92 Å². The van der Waals surface area contributed by atoms with Crippen LogP contribution in [0.4, 0.5) is 0 Å². The highest BCUT2D eigenvalue weighted by molar-refractivity contribution is 5.95. The van der Waals surface area contributed by atoms with Crippen LogP contribution in [0.2, 0.25) is 0 Å². The molecule has 1 amide bonds. The average molecular weight is 433 g/mol. The number of aromatic nitrogens is 2. The summed E-state index contributed by atoms with van der Waals surface area (Å²) in [6.07, 6.45) is 4.94. The van der Waals surface area contributed by atoms with Gasteiger partial charge in [-0.3, -0.25) is 14.4 Å². The van der Waals surface area contributed by atoms with Crippen molar-refractivity contribution in [3.8, 4) is 5.75 Å². The minimum atomic E-state index is -0.0829. The molecule has 2 aromatic carbocycles. The second-order valence-electron chi connectivity index (χ2n) is 8.57. The molecule has 1 aliphatic heterocycles. The van der Waals surface area contributed by atoms with Crippen LogP contribution >= 0.6 is 0 Å². The van der Waals surface area contributed by atoms with Gasteiger partial charge in [-0.2, -0.15) is 5.10 Å². The lowest BCUT2D eigenvalue weighted by Crippen LogP contribution is -2.34. The Kier molecular flexibility index (Phi) is 7.22. The van der Waals surface area contributed by atoms with Crippen molar-refractivity contribution < 1.29 is 9.53 Å². The second kappa shape index (κ2) is 10.5. The Morgan fingerprint density at radius 3 is 2.56 bits per heavy atom. The topological polar surface area (TPSA) is 59.4 Å². The summed E-state index contributed by atoms with van der Waals surface area (Å²) >= 11 is 0. The molecule has 1 aliphatic rings. The van der Waals surface area contributed by atoms with Crippen molar-refractivity contribution in [2.75, 3.05) is 20.2 Å². The summed E-state index contributed by atoms with van der Waals surface area (Å²) in [5.74, 6) is 1.25. The highest BCUT2D eigenvalue weighted by Gasteiger charge is 2.23. The maximum Gasteiger partial charge on any atom is 0.255 e. The number of hydrogen-bond acceptors (Lipinski definition) is 4. The Labute approximate surface area is 190 Å². The number of nitrogens with zero attached hydrogens (tertiary/aromatic N) is 3. The van der Waals surface area contributed by atoms with Crippen molar-refractivity contribution in [1.82, 2.24) is 20.0 Å². The van der Waals surface area contributed by atoms with Crippen LogP contribution in [0.25, 0.3) is 0 Å². The predicted molar refractivity (Wildman–Crippen MR) is 126 cm³/mol. The largest absolute Gasteiger partial charge is 0.496 e. The number of methoxy groups -OCH3 is 1. The zero-order valence-electron chi connectivity index (χ0n) is 19.0. The Hall–Kier alpha value is -3.12. The molecule has 1 saturated heterocycles. The van der Waals surface area contributed by atoms with E-state index in [1.54, 1.807) is 11.8 Å². The van der Waals surface area contributed by atoms with Gasteiger partial charge in [0.05, 0.1) is 18.4 Å². The lowest BCUT2D eigenvalue weighted by Gasteiger charge is -2.31. The maximum absolute atomic E-state index is 12.9. The molecule has 32 heavy (non-hydrogen) atoms. The number of para-hydroxylation sites is 1. The van der Waals surface area contributed by atoms with Gasteiger partial charge in [0.1, 0.15) is 5.75 Å². The van der Waals surface area contributed by atoms with Crippen LogP contribution in [0.3, 0.4) is 0 Å². The number of ether oxygens (including phenoxy) is 1. The zero-order chi connectivity index (χ0) is 22.3. The highest BCUT2D eigenvalue weighted by Crippen LogP contribution is 2.24. The molecule has 0 radical (unpaired) electrons. The Balaban J connectivity index is 1.33. The standard InChI is InChI=1S/C26H32N4O2/c1-29-19-23(26(31)27-17-22-10-6-7-11-25(22)32-2)24(28-29)16-20-12-14-30(15-13-20)18-21-8-4-3-5-9-21/h3-11,19-20H,12-18H2,1-2H3,(H,27,31). The first kappa shape index (κ1) is 22.1. The lowest BCUT2D eigenvalue weighted by atomic mass is 9.91. The molecule has 1 N–H and O–H groups in total. The van der Waals surface area contributed by atoms with Crippen molar-refractivity contribution in [3.63, 3.8) is 0 Å². The normalized spacial score (nSPS) is 14.9. The van der Waals surface area contributed by atoms with Crippen molar-refractivity contribution in [2.24, 2.45) is 13.0 Å². The highest BCUT2D eigenvalue weighted by atomic mass is 16.5. The van der Waals surface area contributed by atoms with Crippen molar-refractivity contribution in [1.29, 1.82) is 0 Å². The number of nitrogens with one attached hydrogen (secondary N) is 1. The number of carbonyl (C=O) groups is 1. The molecule has 6 nitrogen and oxygen atoms in total. The Bertz CT molecular complexity index is 1020. The molecule has 6 heteroatoms. The molecular weight excluding hydrogens is 400 g/mol. The van der Waals surface area contributed by atoms with Gasteiger partial charge in [0, 0.05) is 31.9 Å². The van der Waals surface area contributed by atoms with Crippen LogP contribution in [0.1, 0.15) is 40.0 Å². The first-order valence-electron chi connectivity index (χ1n) is 11.3. The molecule has 0 aliphatic carbocycles. The van der Waals surface area contributed by atoms with E-state index in [1.807, 2.05) is 37.5 Å². The number of amides is 1. The molecule has 0 saturated carbocycles. The number of rotatable bonds is 8. The third-order valence-corrected chi connectivity index (χ3v) is 6.22. The zero-order valence-corrected chi connectivity index (χ0v) is 19.0. The van der Waals surface area contributed by atoms with Crippen LogP contribution < -0.4 is 10.1 Å². The molecule has 1 fully saturated rings. The van der Waals surface area contributed by atoms with Gasteiger partial charge in [-0.15, -0.1) is 0 Å². The Morgan fingerprint density at radius 2 is 1.81 bits per heavy atom. The van der Waals surface area contributed by atoms with Crippen molar-refractivity contribution in [2.45, 2.75) is 32.4 Å². The molecule has 168 valence electrons. The molecule has 3 aromatic rings. The first-order valence-corrected chi connectivity index (χ1v) is 11.3. The third kappa shape index (κ3) is 5.56. The van der Waals surface area contributed by atoms with Crippen LogP contribution in [0.5, 0.6) is 5.75 Å². The van der Waals surface area contributed by atoms with Gasteiger partial charge < -0.3 is 10.1 Å². The molecular formula is C26H32N4O2. The summed E-state index contributed by atoms with van der Waals surface area (Å²) < 4.78 is 7.13. The number of hydrogen-bond donors (Lipinski definition) is 1. The van der Waals surface area contributed by atoms with E-state index in [-0.39, 0.29) is 5.91 Å². The van der Waals surface area contributed by atoms with E-state index >= 15 is 0 Å². The summed E-state index contributed by atoms with van der Waals surface area (Å²) in [4.78, 5) is 15.5. The van der Waals surface area contributed by atoms with E-state index in [9.17, 15) is 4.79 Å². The number of aryl methyl sites for hydroxylation is 1. The van der Waals surface area contributed by atoms with E-state index < -0.39 is 0 Å². The van der Waals surface area contributed by atoms with E-state index in [1.165, 1.54) is 5.56 Å². The smallest absolute Gasteiger partial charge is 0.255 e. The fourth-order valence-corrected chi connectivity index (χ4v) is 4.46. The van der Waals surface area contributed by atoms with Crippen LogP contribution in [-0.2, 0) is 26.6 Å². The Morgan fingerprint density at radius 1 is 1.09 bits per heavy atom. The van der Waals surface area contributed by atoms with Crippen LogP contribution in [-0.4, -0.2) is 40.8 Å². The van der Waals surface area contributed by atoms with Gasteiger partial charge in [0.15, 0.2) is 0 Å². The van der Waals surface area contributed by atoms with Gasteiger partial charge in [-0.05, 0) is 49.9 Å². The average Bonchev–Trinajstić information content (AvgIpc) is 3.19. The SMILES string of the molecule is COc1ccccc1CNC(=O)c1cn(C)nc1CC1CCN(Cc2ccccc2)CC1. The summed E-state index contributed by atoms with van der Waals surface area (Å²) in [5.41, 5.74) is 3.89. The van der Waals surface area contributed by atoms with Gasteiger partial charge in [0.25, 0.3) is 5.91 Å². The maximum atomic E-state index is 12.9. The van der Waals surface area contributed by atoms with Crippen LogP contribution in [0.15, 0.2) is 60.8 Å². The van der Waals surface area contributed by atoms with E-state index in [0.717, 1.165) is 55.9 Å². The molecule has 2 heterocycles. The third-order valence-electron chi connectivity index (χ3n) is 6.22. The van der Waals surface area contributed by atoms with Gasteiger partial charge in [-0.1, -0.05) is 48.5 Å². The minimum absolute atomic E-state index is 0.0829. The van der Waals surface area contributed by atoms with E-state index in [2.05, 4.69) is 45.6 Å². The van der Waals surface area contributed by atoms with Gasteiger partial charge in [-0.25, -0.2) is 0 Å². The predicted octanol–water partition coefficient (Wildman–Crippen LogP) is 3.81. The number of benzene rings is 2. The molecule has 4 rings (SSSR count). The second-order valence-corrected chi connectivity index (χ2v) is 8.57. The molecule has 0 bridgehead atoms. The molecule has 0 spiro atoms. The minimum Gasteiger partial charge on any atom is -0.496 e. The van der Waals surface area contributed by atoms with Gasteiger partial charge >= 0.3 is 0 Å².